The first-order chi connectivity index (χ1) is 38.9. The quantitative estimate of drug-likeness (QED) is 0.161. The Kier molecular flexibility index (Phi) is 9.30. The molecule has 0 bridgehead atoms. The number of para-hydroxylation sites is 1. The van der Waals surface area contributed by atoms with Gasteiger partial charge in [-0.2, -0.15) is 0 Å². The minimum atomic E-state index is -0.529. The number of hydrogen-bond donors (Lipinski definition) is 0. The summed E-state index contributed by atoms with van der Waals surface area (Å²) in [5.41, 5.74) is 27.0. The zero-order valence-corrected chi connectivity index (χ0v) is 44.5. The van der Waals surface area contributed by atoms with Gasteiger partial charge in [-0.05, 0) is 168 Å². The summed E-state index contributed by atoms with van der Waals surface area (Å²) in [6, 6.07) is 101. The van der Waals surface area contributed by atoms with Crippen LogP contribution < -0.4 is 4.90 Å². The zero-order valence-electron chi connectivity index (χ0n) is 43.7. The van der Waals surface area contributed by atoms with Crippen molar-refractivity contribution in [3.05, 3.63) is 300 Å². The molecule has 12 aromatic carbocycles. The average Bonchev–Trinajstić information content (AvgIpc) is 3.36. The van der Waals surface area contributed by atoms with Crippen LogP contribution in [0.1, 0.15) is 47.2 Å². The van der Waals surface area contributed by atoms with E-state index in [1.807, 2.05) is 11.3 Å². The van der Waals surface area contributed by atoms with E-state index in [0.717, 1.165) is 11.4 Å². The van der Waals surface area contributed by atoms with E-state index in [4.69, 9.17) is 0 Å². The van der Waals surface area contributed by atoms with Crippen LogP contribution in [0.4, 0.5) is 17.1 Å². The molecule has 0 fully saturated rings. The van der Waals surface area contributed by atoms with Crippen LogP contribution in [-0.2, 0) is 10.8 Å². The van der Waals surface area contributed by atoms with Crippen LogP contribution in [0.25, 0.3) is 103 Å². The lowest BCUT2D eigenvalue weighted by Crippen LogP contribution is -2.28. The lowest BCUT2D eigenvalue weighted by molar-refractivity contribution is 0.661. The molecule has 3 aliphatic rings. The summed E-state index contributed by atoms with van der Waals surface area (Å²) in [7, 11) is 0. The summed E-state index contributed by atoms with van der Waals surface area (Å²) in [5, 5.41) is 5.14. The number of anilines is 3. The predicted molar refractivity (Wildman–Crippen MR) is 333 cm³/mol. The maximum atomic E-state index is 2.52. The zero-order chi connectivity index (χ0) is 52.1. The summed E-state index contributed by atoms with van der Waals surface area (Å²) in [4.78, 5) is 2.52. The van der Waals surface area contributed by atoms with E-state index in [2.05, 4.69) is 290 Å². The summed E-state index contributed by atoms with van der Waals surface area (Å²) in [6.45, 7) is 4.75. The normalized spacial score (nSPS) is 13.9. The molecule has 0 saturated carbocycles. The molecule has 79 heavy (non-hydrogen) atoms. The summed E-state index contributed by atoms with van der Waals surface area (Å²) < 4.78 is 5.10. The second kappa shape index (κ2) is 16.5. The smallest absolute Gasteiger partial charge is 0.0746 e. The van der Waals surface area contributed by atoms with Gasteiger partial charge in [-0.3, -0.25) is 0 Å². The third-order valence-corrected chi connectivity index (χ3v) is 19.2. The molecule has 0 atom stereocenters. The highest BCUT2D eigenvalue weighted by Crippen LogP contribution is 2.65. The molecule has 14 aromatic rings. The Balaban J connectivity index is 0.848. The van der Waals surface area contributed by atoms with Crippen LogP contribution in [0.3, 0.4) is 0 Å². The van der Waals surface area contributed by atoms with E-state index >= 15 is 0 Å². The van der Waals surface area contributed by atoms with Crippen molar-refractivity contribution in [2.45, 2.75) is 24.7 Å². The largest absolute Gasteiger partial charge is 0.310 e. The monoisotopic (exact) mass is 1020 g/mol. The Morgan fingerprint density at radius 2 is 0.823 bits per heavy atom. The highest BCUT2D eigenvalue weighted by molar-refractivity contribution is 7.25. The van der Waals surface area contributed by atoms with Crippen molar-refractivity contribution in [2.24, 2.45) is 0 Å². The molecule has 0 radical (unpaired) electrons. The SMILES string of the molecule is CC1(C)c2ccccc2-c2cc3c4cc(-c5ccc(N(c6ccc(-c7ccc8sc9ccccc9c8c7)cc6)c6cccc7c6C6(c8ccccc8-c8ccccc86)c6ccccc6-7)cc5)ccc4n(-c4ccccc4)c3cc21. The van der Waals surface area contributed by atoms with E-state index in [9.17, 15) is 0 Å². The number of fused-ring (bicyclic) bond motifs is 19. The van der Waals surface area contributed by atoms with Crippen molar-refractivity contribution >= 4 is 70.4 Å². The lowest BCUT2D eigenvalue weighted by atomic mass is 9.70. The van der Waals surface area contributed by atoms with Gasteiger partial charge in [0.05, 0.1) is 22.1 Å². The second-order valence-electron chi connectivity index (χ2n) is 22.3. The van der Waals surface area contributed by atoms with Gasteiger partial charge in [0.1, 0.15) is 0 Å². The van der Waals surface area contributed by atoms with Crippen molar-refractivity contribution in [3.63, 3.8) is 0 Å². The molecule has 0 unspecified atom stereocenters. The maximum Gasteiger partial charge on any atom is 0.0746 e. The van der Waals surface area contributed by atoms with Gasteiger partial charge in [-0.15, -0.1) is 11.3 Å². The van der Waals surface area contributed by atoms with Crippen LogP contribution in [0.15, 0.2) is 267 Å². The molecule has 0 N–H and O–H groups in total. The summed E-state index contributed by atoms with van der Waals surface area (Å²) in [5.74, 6) is 0. The van der Waals surface area contributed by atoms with Gasteiger partial charge in [-0.25, -0.2) is 0 Å². The minimum absolute atomic E-state index is 0.105. The number of thiophene rings is 1. The number of nitrogens with zero attached hydrogens (tertiary/aromatic N) is 2. The number of benzene rings is 12. The first-order valence-electron chi connectivity index (χ1n) is 27.6. The Morgan fingerprint density at radius 1 is 0.329 bits per heavy atom. The van der Waals surface area contributed by atoms with E-state index in [0.29, 0.717) is 0 Å². The fourth-order valence-electron chi connectivity index (χ4n) is 14.5. The number of rotatable bonds is 6. The van der Waals surface area contributed by atoms with Crippen LogP contribution in [0, 0.1) is 0 Å². The van der Waals surface area contributed by atoms with E-state index in [-0.39, 0.29) is 5.41 Å². The molecule has 3 aliphatic carbocycles. The first-order valence-corrected chi connectivity index (χ1v) is 28.4. The van der Waals surface area contributed by atoms with Crippen molar-refractivity contribution in [1.82, 2.24) is 4.57 Å². The highest BCUT2D eigenvalue weighted by atomic mass is 32.1. The van der Waals surface area contributed by atoms with Crippen molar-refractivity contribution in [2.75, 3.05) is 4.90 Å². The van der Waals surface area contributed by atoms with Gasteiger partial charge in [0.2, 0.25) is 0 Å². The maximum absolute atomic E-state index is 2.52. The van der Waals surface area contributed by atoms with Crippen molar-refractivity contribution < 1.29 is 0 Å². The van der Waals surface area contributed by atoms with Gasteiger partial charge in [0.15, 0.2) is 0 Å². The molecule has 2 nitrogen and oxygen atoms in total. The molecule has 370 valence electrons. The van der Waals surface area contributed by atoms with E-state index in [1.54, 1.807) is 0 Å². The average molecular weight is 1020 g/mol. The molecule has 0 saturated heterocycles. The molecule has 2 aromatic heterocycles. The van der Waals surface area contributed by atoms with Crippen molar-refractivity contribution in [3.8, 4) is 61.3 Å². The van der Waals surface area contributed by atoms with E-state index < -0.39 is 5.41 Å². The minimum Gasteiger partial charge on any atom is -0.310 e. The van der Waals surface area contributed by atoms with Crippen LogP contribution in [0.5, 0.6) is 0 Å². The lowest BCUT2D eigenvalue weighted by Gasteiger charge is -2.36. The van der Waals surface area contributed by atoms with Crippen LogP contribution in [-0.4, -0.2) is 4.57 Å². The standard InChI is InChI=1S/C76H50N2S/c1-75(2)64-25-11-6-22-57(64)60-45-62-61-43-49(35-41-69(61)78(71(62)46-68(60)75)51-17-4-3-5-18-51)47-31-37-52(38-32-47)77(53-39-33-48(34-40-53)50-36-42-73-63(44-50)58-23-10-15-30-72(58)79-73)70-29-16-24-59-56-21-9-14-28-67(56)76(74(59)70)65-26-12-7-19-54(65)55-20-8-13-27-66(55)76/h3-46H,1-2H3. The molecule has 2 heterocycles. The Morgan fingerprint density at radius 3 is 1.48 bits per heavy atom. The molecule has 0 aliphatic heterocycles. The van der Waals surface area contributed by atoms with Crippen LogP contribution in [0.2, 0.25) is 0 Å². The van der Waals surface area contributed by atoms with E-state index in [1.165, 1.54) is 142 Å². The Hall–Kier alpha value is -9.54. The third-order valence-electron chi connectivity index (χ3n) is 18.0. The Labute approximate surface area is 463 Å². The fraction of sp³-hybridized carbons (Fsp3) is 0.0526. The summed E-state index contributed by atoms with van der Waals surface area (Å²) >= 11 is 1.87. The fourth-order valence-corrected chi connectivity index (χ4v) is 15.6. The van der Waals surface area contributed by atoms with Gasteiger partial charge in [0, 0.05) is 59.0 Å². The van der Waals surface area contributed by atoms with Gasteiger partial charge >= 0.3 is 0 Å². The van der Waals surface area contributed by atoms with Crippen LogP contribution >= 0.6 is 11.3 Å². The molecule has 1 spiro atoms. The van der Waals surface area contributed by atoms with Crippen molar-refractivity contribution in [1.29, 1.82) is 0 Å². The summed E-state index contributed by atoms with van der Waals surface area (Å²) in [6.07, 6.45) is 0. The third kappa shape index (κ3) is 6.17. The molecular weight excluding hydrogens is 973 g/mol. The molecular formula is C76H50N2S. The topological polar surface area (TPSA) is 8.17 Å². The highest BCUT2D eigenvalue weighted by Gasteiger charge is 2.53. The molecule has 3 heteroatoms. The van der Waals surface area contributed by atoms with Gasteiger partial charge in [-0.1, -0.05) is 196 Å². The second-order valence-corrected chi connectivity index (χ2v) is 23.4. The number of hydrogen-bond acceptors (Lipinski definition) is 2. The van der Waals surface area contributed by atoms with Gasteiger partial charge < -0.3 is 9.47 Å². The predicted octanol–water partition coefficient (Wildman–Crippen LogP) is 20.6. The van der Waals surface area contributed by atoms with Gasteiger partial charge in [0.25, 0.3) is 0 Å². The molecule has 17 rings (SSSR count). The Bertz CT molecular complexity index is 4800. The molecule has 0 amide bonds. The first kappa shape index (κ1) is 44.6. The number of aromatic nitrogens is 1.